The van der Waals surface area contributed by atoms with Gasteiger partial charge in [0.05, 0.1) is 5.69 Å². The average Bonchev–Trinajstić information content (AvgIpc) is 3.05. The molecule has 9 heteroatoms. The van der Waals surface area contributed by atoms with Gasteiger partial charge in [-0.25, -0.2) is 9.29 Å². The number of carbonyl (C=O) groups is 3. The molecule has 1 heterocycles. The first-order valence-corrected chi connectivity index (χ1v) is 12.8. The van der Waals surface area contributed by atoms with Crippen LogP contribution in [0.4, 0.5) is 21.5 Å². The van der Waals surface area contributed by atoms with Gasteiger partial charge in [0.25, 0.3) is 11.8 Å². The molecule has 0 atom stereocenters. The van der Waals surface area contributed by atoms with Gasteiger partial charge in [0.2, 0.25) is 5.91 Å². The molecule has 0 saturated carbocycles. The number of hydrogen-bond acceptors (Lipinski definition) is 5. The molecule has 0 aromatic heterocycles. The lowest BCUT2D eigenvalue weighted by atomic mass is 10.1. The maximum atomic E-state index is 13.5. The highest BCUT2D eigenvalue weighted by molar-refractivity contribution is 9.10. The molecule has 36 heavy (non-hydrogen) atoms. The molecule has 4 rings (SSSR count). The molecule has 0 spiro atoms. The van der Waals surface area contributed by atoms with E-state index in [1.54, 1.807) is 36.4 Å². The minimum Gasteiger partial charge on any atom is -0.350 e. The number of amides is 3. The van der Waals surface area contributed by atoms with Gasteiger partial charge in [0.1, 0.15) is 16.4 Å². The van der Waals surface area contributed by atoms with Crippen LogP contribution in [-0.4, -0.2) is 17.7 Å². The first kappa shape index (κ1) is 25.7. The molecule has 1 aliphatic heterocycles. The number of imide groups is 1. The number of anilines is 3. The van der Waals surface area contributed by atoms with Crippen molar-refractivity contribution in [2.45, 2.75) is 25.2 Å². The number of rotatable bonds is 8. The van der Waals surface area contributed by atoms with E-state index >= 15 is 0 Å². The van der Waals surface area contributed by atoms with Crippen LogP contribution in [0, 0.1) is 11.7 Å². The fraction of sp³-hybridized carbons (Fsp3) is 0.148. The molecule has 0 aliphatic carbocycles. The van der Waals surface area contributed by atoms with Crippen molar-refractivity contribution in [2.24, 2.45) is 5.92 Å². The molecule has 3 aromatic carbocycles. The predicted molar refractivity (Wildman–Crippen MR) is 144 cm³/mol. The summed E-state index contributed by atoms with van der Waals surface area (Å²) in [7, 11) is 0. The molecule has 1 aliphatic rings. The van der Waals surface area contributed by atoms with Gasteiger partial charge in [-0.05, 0) is 72.6 Å². The summed E-state index contributed by atoms with van der Waals surface area (Å²) < 4.78 is 14.3. The third-order valence-electron chi connectivity index (χ3n) is 5.17. The van der Waals surface area contributed by atoms with Gasteiger partial charge >= 0.3 is 0 Å². The van der Waals surface area contributed by atoms with E-state index in [4.69, 9.17) is 0 Å². The number of nitrogens with one attached hydrogen (secondary N) is 2. The number of halogens is 2. The topological polar surface area (TPSA) is 78.5 Å². The SMILES string of the molecule is CC(C)CC(=O)Nc1cccc(SC2=C(Nc3ccc(Br)cc3)C(=O)N(c3ccc(F)cc3)C2=O)c1. The van der Waals surface area contributed by atoms with Crippen LogP contribution < -0.4 is 15.5 Å². The van der Waals surface area contributed by atoms with E-state index in [2.05, 4.69) is 26.6 Å². The van der Waals surface area contributed by atoms with Crippen molar-refractivity contribution < 1.29 is 18.8 Å². The summed E-state index contributed by atoms with van der Waals surface area (Å²) in [4.78, 5) is 41.0. The van der Waals surface area contributed by atoms with Crippen LogP contribution in [0.5, 0.6) is 0 Å². The van der Waals surface area contributed by atoms with Crippen molar-refractivity contribution in [1.82, 2.24) is 0 Å². The number of carbonyl (C=O) groups excluding carboxylic acids is 3. The average molecular weight is 568 g/mol. The van der Waals surface area contributed by atoms with Gasteiger partial charge in [0, 0.05) is 27.2 Å². The van der Waals surface area contributed by atoms with Gasteiger partial charge in [-0.3, -0.25) is 14.4 Å². The van der Waals surface area contributed by atoms with E-state index in [0.29, 0.717) is 22.7 Å². The van der Waals surface area contributed by atoms with E-state index in [0.717, 1.165) is 21.1 Å². The highest BCUT2D eigenvalue weighted by Gasteiger charge is 2.40. The van der Waals surface area contributed by atoms with E-state index < -0.39 is 17.6 Å². The smallest absolute Gasteiger partial charge is 0.283 e. The Hall–Kier alpha value is -3.43. The normalized spacial score (nSPS) is 13.5. The van der Waals surface area contributed by atoms with Crippen molar-refractivity contribution in [3.05, 3.63) is 93.7 Å². The molecule has 2 N–H and O–H groups in total. The molecule has 3 amide bonds. The Balaban J connectivity index is 1.66. The number of hydrogen-bond donors (Lipinski definition) is 2. The first-order valence-electron chi connectivity index (χ1n) is 11.2. The highest BCUT2D eigenvalue weighted by Crippen LogP contribution is 2.38. The molecule has 0 radical (unpaired) electrons. The van der Waals surface area contributed by atoms with Gasteiger partial charge in [-0.2, -0.15) is 0 Å². The van der Waals surface area contributed by atoms with Crippen molar-refractivity contribution in [1.29, 1.82) is 0 Å². The summed E-state index contributed by atoms with van der Waals surface area (Å²) in [6, 6.07) is 19.5. The van der Waals surface area contributed by atoms with Crippen molar-refractivity contribution in [3.63, 3.8) is 0 Å². The standard InChI is InChI=1S/C27H23BrFN3O3S/c1-16(2)14-23(33)30-20-4-3-5-22(15-20)36-25-24(31-19-10-6-17(28)7-11-19)26(34)32(27(25)35)21-12-8-18(29)9-13-21/h3-13,15-16,31H,14H2,1-2H3,(H,30,33). The summed E-state index contributed by atoms with van der Waals surface area (Å²) in [6.45, 7) is 3.93. The Morgan fingerprint density at radius 1 is 0.972 bits per heavy atom. The summed E-state index contributed by atoms with van der Waals surface area (Å²) in [6.07, 6.45) is 0.392. The summed E-state index contributed by atoms with van der Waals surface area (Å²) >= 11 is 4.51. The summed E-state index contributed by atoms with van der Waals surface area (Å²) in [5.74, 6) is -1.41. The molecule has 3 aromatic rings. The zero-order valence-electron chi connectivity index (χ0n) is 19.5. The lowest BCUT2D eigenvalue weighted by molar-refractivity contribution is -0.120. The minimum atomic E-state index is -0.543. The van der Waals surface area contributed by atoms with Crippen LogP contribution in [0.25, 0.3) is 0 Å². The molecule has 0 saturated heterocycles. The number of nitrogens with zero attached hydrogens (tertiary/aromatic N) is 1. The van der Waals surface area contributed by atoms with Crippen LogP contribution in [0.15, 0.2) is 92.8 Å². The van der Waals surface area contributed by atoms with Gasteiger partial charge in [0.15, 0.2) is 0 Å². The lowest BCUT2D eigenvalue weighted by Crippen LogP contribution is -2.32. The monoisotopic (exact) mass is 567 g/mol. The zero-order valence-corrected chi connectivity index (χ0v) is 22.0. The highest BCUT2D eigenvalue weighted by atomic mass is 79.9. The van der Waals surface area contributed by atoms with Crippen molar-refractivity contribution in [2.75, 3.05) is 15.5 Å². The Bertz CT molecular complexity index is 1340. The van der Waals surface area contributed by atoms with Crippen LogP contribution in [0.1, 0.15) is 20.3 Å². The molecule has 0 bridgehead atoms. The van der Waals surface area contributed by atoms with E-state index in [1.165, 1.54) is 24.3 Å². The van der Waals surface area contributed by atoms with E-state index in [9.17, 15) is 18.8 Å². The van der Waals surface area contributed by atoms with Crippen molar-refractivity contribution in [3.8, 4) is 0 Å². The molecular formula is C27H23BrFN3O3S. The van der Waals surface area contributed by atoms with E-state index in [1.807, 2.05) is 26.0 Å². The fourth-order valence-corrected chi connectivity index (χ4v) is 4.81. The third-order valence-corrected chi connectivity index (χ3v) is 6.77. The summed E-state index contributed by atoms with van der Waals surface area (Å²) in [5.41, 5.74) is 1.61. The molecule has 184 valence electrons. The molecular weight excluding hydrogens is 545 g/mol. The Morgan fingerprint density at radius 2 is 1.67 bits per heavy atom. The Labute approximate surface area is 221 Å². The second-order valence-corrected chi connectivity index (χ2v) is 10.5. The fourth-order valence-electron chi connectivity index (χ4n) is 3.55. The third kappa shape index (κ3) is 6.03. The maximum Gasteiger partial charge on any atom is 0.283 e. The number of thioether (sulfide) groups is 1. The quantitative estimate of drug-likeness (QED) is 0.301. The second-order valence-electron chi connectivity index (χ2n) is 8.53. The van der Waals surface area contributed by atoms with Gasteiger partial charge in [-0.15, -0.1) is 0 Å². The minimum absolute atomic E-state index is 0.0986. The summed E-state index contributed by atoms with van der Waals surface area (Å²) in [5, 5.41) is 5.95. The lowest BCUT2D eigenvalue weighted by Gasteiger charge is -2.15. The van der Waals surface area contributed by atoms with Crippen LogP contribution in [-0.2, 0) is 14.4 Å². The van der Waals surface area contributed by atoms with Gasteiger partial charge < -0.3 is 10.6 Å². The predicted octanol–water partition coefficient (Wildman–Crippen LogP) is 6.56. The first-order chi connectivity index (χ1) is 17.2. The van der Waals surface area contributed by atoms with Crippen LogP contribution in [0.2, 0.25) is 0 Å². The molecule has 6 nitrogen and oxygen atoms in total. The number of benzene rings is 3. The molecule has 0 unspecified atom stereocenters. The van der Waals surface area contributed by atoms with Crippen LogP contribution >= 0.6 is 27.7 Å². The van der Waals surface area contributed by atoms with E-state index in [-0.39, 0.29) is 28.1 Å². The van der Waals surface area contributed by atoms with Gasteiger partial charge in [-0.1, -0.05) is 47.6 Å². The largest absolute Gasteiger partial charge is 0.350 e. The molecule has 0 fully saturated rings. The Kier molecular flexibility index (Phi) is 7.91. The zero-order chi connectivity index (χ0) is 25.8. The van der Waals surface area contributed by atoms with Crippen molar-refractivity contribution >= 4 is 62.5 Å². The maximum absolute atomic E-state index is 13.5. The van der Waals surface area contributed by atoms with Crippen LogP contribution in [0.3, 0.4) is 0 Å². The second kappa shape index (κ2) is 11.1. The Morgan fingerprint density at radius 3 is 2.33 bits per heavy atom.